The standard InChI is InChI=1S/C3H7NO.C3H6O3S/c1-2-3-4-5;1-2-3-7(4,5)6/h2,4-5H,1,3H2;2H,1,3H2,(H,4,5,6). The highest BCUT2D eigenvalue weighted by atomic mass is 32.2. The van der Waals surface area contributed by atoms with Gasteiger partial charge in [0, 0.05) is 6.54 Å². The van der Waals surface area contributed by atoms with Gasteiger partial charge in [-0.05, 0) is 0 Å². The molecule has 0 aromatic rings. The van der Waals surface area contributed by atoms with E-state index in [-0.39, 0.29) is 5.75 Å². The van der Waals surface area contributed by atoms with Gasteiger partial charge in [-0.15, -0.1) is 13.2 Å². The van der Waals surface area contributed by atoms with Crippen LogP contribution in [0.25, 0.3) is 0 Å². The number of hydroxylamine groups is 1. The number of hydrogen-bond acceptors (Lipinski definition) is 4. The van der Waals surface area contributed by atoms with Crippen LogP contribution in [0.3, 0.4) is 0 Å². The maximum absolute atomic E-state index is 9.72. The second-order valence-electron chi connectivity index (χ2n) is 1.69. The summed E-state index contributed by atoms with van der Waals surface area (Å²) in [5.74, 6) is -0.368. The molecule has 0 rings (SSSR count). The van der Waals surface area contributed by atoms with E-state index >= 15 is 0 Å². The van der Waals surface area contributed by atoms with E-state index in [0.29, 0.717) is 6.54 Å². The Morgan fingerprint density at radius 1 is 1.33 bits per heavy atom. The van der Waals surface area contributed by atoms with E-state index < -0.39 is 10.1 Å². The molecule has 0 aromatic carbocycles. The Labute approximate surface area is 72.1 Å². The van der Waals surface area contributed by atoms with Crippen LogP contribution in [0.15, 0.2) is 25.3 Å². The lowest BCUT2D eigenvalue weighted by Crippen LogP contribution is -2.04. The number of rotatable bonds is 4. The minimum Gasteiger partial charge on any atom is -0.317 e. The summed E-state index contributed by atoms with van der Waals surface area (Å²) in [6.45, 7) is 6.89. The highest BCUT2D eigenvalue weighted by Crippen LogP contribution is 1.78. The summed E-state index contributed by atoms with van der Waals surface area (Å²) in [4.78, 5) is 0. The van der Waals surface area contributed by atoms with Crippen LogP contribution in [0.2, 0.25) is 0 Å². The van der Waals surface area contributed by atoms with Gasteiger partial charge in [0.1, 0.15) is 0 Å². The fourth-order valence-corrected chi connectivity index (χ4v) is 0.511. The molecule has 0 radical (unpaired) electrons. The molecule has 0 fully saturated rings. The summed E-state index contributed by atoms with van der Waals surface area (Å²) in [6, 6.07) is 0. The van der Waals surface area contributed by atoms with Gasteiger partial charge in [-0.25, -0.2) is 5.48 Å². The molecule has 0 spiro atoms. The molecule has 0 aliphatic rings. The zero-order valence-electron chi connectivity index (χ0n) is 6.60. The fraction of sp³-hybridized carbons (Fsp3) is 0.333. The van der Waals surface area contributed by atoms with E-state index in [0.717, 1.165) is 6.08 Å². The Bertz CT molecular complexity index is 210. The van der Waals surface area contributed by atoms with Gasteiger partial charge in [0.25, 0.3) is 10.1 Å². The third kappa shape index (κ3) is 22.8. The van der Waals surface area contributed by atoms with Gasteiger partial charge < -0.3 is 5.21 Å². The molecule has 0 aliphatic carbocycles. The minimum atomic E-state index is -3.79. The van der Waals surface area contributed by atoms with E-state index in [1.54, 1.807) is 6.08 Å². The molecule has 0 amide bonds. The van der Waals surface area contributed by atoms with Gasteiger partial charge in [0.15, 0.2) is 0 Å². The van der Waals surface area contributed by atoms with Crippen LogP contribution in [0, 0.1) is 0 Å². The Balaban J connectivity index is 0. The van der Waals surface area contributed by atoms with Crippen molar-refractivity contribution in [3.63, 3.8) is 0 Å². The SMILES string of the molecule is C=CCNO.C=CCS(=O)(=O)O. The van der Waals surface area contributed by atoms with E-state index in [1.807, 2.05) is 5.48 Å². The third-order valence-electron chi connectivity index (χ3n) is 0.564. The number of nitrogens with one attached hydrogen (secondary N) is 1. The Morgan fingerprint density at radius 3 is 1.83 bits per heavy atom. The van der Waals surface area contributed by atoms with Crippen molar-refractivity contribution in [2.24, 2.45) is 0 Å². The normalized spacial score (nSPS) is 9.50. The van der Waals surface area contributed by atoms with E-state index in [9.17, 15) is 8.42 Å². The summed E-state index contributed by atoms with van der Waals surface area (Å²) in [5, 5.41) is 7.74. The van der Waals surface area contributed by atoms with Crippen LogP contribution in [0.5, 0.6) is 0 Å². The van der Waals surface area contributed by atoms with Crippen LogP contribution >= 0.6 is 0 Å². The van der Waals surface area contributed by atoms with Crippen molar-refractivity contribution < 1.29 is 18.2 Å². The van der Waals surface area contributed by atoms with Gasteiger partial charge in [0.05, 0.1) is 5.75 Å². The average molecular weight is 195 g/mol. The second-order valence-corrected chi connectivity index (χ2v) is 3.19. The Morgan fingerprint density at radius 2 is 1.83 bits per heavy atom. The minimum absolute atomic E-state index is 0.368. The predicted molar refractivity (Wildman–Crippen MR) is 46.6 cm³/mol. The summed E-state index contributed by atoms with van der Waals surface area (Å²) >= 11 is 0. The number of hydrogen-bond donors (Lipinski definition) is 3. The molecule has 3 N–H and O–H groups in total. The third-order valence-corrected chi connectivity index (χ3v) is 1.22. The highest BCUT2D eigenvalue weighted by molar-refractivity contribution is 7.85. The predicted octanol–water partition coefficient (Wildman–Crippen LogP) is 0.211. The Hall–Kier alpha value is -0.690. The summed E-state index contributed by atoms with van der Waals surface area (Å²) in [5.41, 5.74) is 1.90. The maximum atomic E-state index is 9.72. The first-order valence-electron chi connectivity index (χ1n) is 3.01. The van der Waals surface area contributed by atoms with Crippen LogP contribution in [-0.4, -0.2) is 30.5 Å². The van der Waals surface area contributed by atoms with Gasteiger partial charge >= 0.3 is 0 Å². The summed E-state index contributed by atoms with van der Waals surface area (Å²) < 4.78 is 27.3. The molecule has 5 nitrogen and oxygen atoms in total. The Kier molecular flexibility index (Phi) is 9.72. The van der Waals surface area contributed by atoms with Crippen LogP contribution in [0.4, 0.5) is 0 Å². The summed E-state index contributed by atoms with van der Waals surface area (Å²) in [6.07, 6.45) is 2.69. The van der Waals surface area contributed by atoms with Gasteiger partial charge in [0.2, 0.25) is 0 Å². The lowest BCUT2D eigenvalue weighted by molar-refractivity contribution is 0.180. The van der Waals surface area contributed by atoms with Crippen LogP contribution in [0.1, 0.15) is 0 Å². The zero-order valence-corrected chi connectivity index (χ0v) is 7.42. The lowest BCUT2D eigenvalue weighted by Gasteiger charge is -1.82. The van der Waals surface area contributed by atoms with E-state index in [1.165, 1.54) is 0 Å². The molecule has 0 aromatic heterocycles. The first-order valence-corrected chi connectivity index (χ1v) is 4.62. The fourth-order valence-electron chi connectivity index (χ4n) is 0.213. The molecule has 0 unspecified atom stereocenters. The van der Waals surface area contributed by atoms with Crippen molar-refractivity contribution in [2.75, 3.05) is 12.3 Å². The van der Waals surface area contributed by atoms with Crippen molar-refractivity contribution >= 4 is 10.1 Å². The molecule has 0 heterocycles. The molecule has 6 heteroatoms. The van der Waals surface area contributed by atoms with Gasteiger partial charge in [-0.1, -0.05) is 12.2 Å². The van der Waals surface area contributed by atoms with Crippen LogP contribution < -0.4 is 5.48 Å². The smallest absolute Gasteiger partial charge is 0.268 e. The summed E-state index contributed by atoms with van der Waals surface area (Å²) in [7, 11) is -3.79. The van der Waals surface area contributed by atoms with Gasteiger partial charge in [-0.2, -0.15) is 8.42 Å². The van der Waals surface area contributed by atoms with E-state index in [4.69, 9.17) is 9.76 Å². The van der Waals surface area contributed by atoms with Crippen molar-refractivity contribution in [3.8, 4) is 0 Å². The molecule has 72 valence electrons. The topological polar surface area (TPSA) is 86.6 Å². The van der Waals surface area contributed by atoms with Gasteiger partial charge in [-0.3, -0.25) is 4.55 Å². The molecule has 0 saturated heterocycles. The quantitative estimate of drug-likeness (QED) is 0.339. The molecular formula is C6H13NO4S. The van der Waals surface area contributed by atoms with Crippen molar-refractivity contribution in [2.45, 2.75) is 0 Å². The van der Waals surface area contributed by atoms with E-state index in [2.05, 4.69) is 13.2 Å². The maximum Gasteiger partial charge on any atom is 0.268 e. The first kappa shape index (κ1) is 13.9. The second kappa shape index (κ2) is 8.41. The molecular weight excluding hydrogens is 182 g/mol. The molecule has 0 bridgehead atoms. The lowest BCUT2D eigenvalue weighted by atomic mass is 10.7. The monoisotopic (exact) mass is 195 g/mol. The van der Waals surface area contributed by atoms with Crippen molar-refractivity contribution in [1.29, 1.82) is 0 Å². The van der Waals surface area contributed by atoms with Crippen LogP contribution in [-0.2, 0) is 10.1 Å². The first-order chi connectivity index (χ1) is 5.47. The van der Waals surface area contributed by atoms with Crippen molar-refractivity contribution in [3.05, 3.63) is 25.3 Å². The van der Waals surface area contributed by atoms with Crippen molar-refractivity contribution in [1.82, 2.24) is 5.48 Å². The molecule has 0 atom stereocenters. The molecule has 0 aliphatic heterocycles. The molecule has 12 heavy (non-hydrogen) atoms. The molecule has 0 saturated carbocycles. The largest absolute Gasteiger partial charge is 0.317 e. The average Bonchev–Trinajstić information content (AvgIpc) is 1.87. The zero-order chi connectivity index (χ0) is 10.0. The highest BCUT2D eigenvalue weighted by Gasteiger charge is 1.95.